The Kier molecular flexibility index (Phi) is 4.45. The molecule has 0 aromatic carbocycles. The van der Waals surface area contributed by atoms with Crippen LogP contribution < -0.4 is 5.73 Å². The summed E-state index contributed by atoms with van der Waals surface area (Å²) in [6.07, 6.45) is 1.90. The van der Waals surface area contributed by atoms with Crippen molar-refractivity contribution in [1.29, 1.82) is 0 Å². The molecule has 0 bridgehead atoms. The molecule has 0 aromatic rings. The molecule has 2 atom stereocenters. The molecule has 0 saturated carbocycles. The van der Waals surface area contributed by atoms with E-state index in [1.165, 1.54) is 0 Å². The lowest BCUT2D eigenvalue weighted by Crippen LogP contribution is -2.31. The maximum absolute atomic E-state index is 11.2. The first-order chi connectivity index (χ1) is 5.78. The van der Waals surface area contributed by atoms with Gasteiger partial charge in [-0.15, -0.1) is 0 Å². The summed E-state index contributed by atoms with van der Waals surface area (Å²) in [6.45, 7) is 10.6. The van der Waals surface area contributed by atoms with Crippen LogP contribution in [0.25, 0.3) is 0 Å². The summed E-state index contributed by atoms with van der Waals surface area (Å²) in [4.78, 5) is 11.2. The smallest absolute Gasteiger partial charge is 0.220 e. The van der Waals surface area contributed by atoms with Gasteiger partial charge in [-0.1, -0.05) is 41.0 Å². The van der Waals surface area contributed by atoms with Crippen molar-refractivity contribution in [3.63, 3.8) is 0 Å². The Morgan fingerprint density at radius 1 is 1.38 bits per heavy atom. The summed E-state index contributed by atoms with van der Waals surface area (Å²) in [7, 11) is 0. The van der Waals surface area contributed by atoms with Gasteiger partial charge < -0.3 is 5.73 Å². The summed E-state index contributed by atoms with van der Waals surface area (Å²) in [5.41, 5.74) is 5.57. The lowest BCUT2D eigenvalue weighted by Gasteiger charge is -2.27. The molecule has 2 nitrogen and oxygen atoms in total. The molecule has 0 fully saturated rings. The van der Waals surface area contributed by atoms with E-state index in [0.717, 1.165) is 12.8 Å². The van der Waals surface area contributed by atoms with Gasteiger partial charge in [0.1, 0.15) is 0 Å². The minimum Gasteiger partial charge on any atom is -0.369 e. The monoisotopic (exact) mass is 185 g/mol. The minimum atomic E-state index is -0.149. The second-order valence-electron chi connectivity index (χ2n) is 5.16. The molecule has 0 aromatic heterocycles. The van der Waals surface area contributed by atoms with Crippen molar-refractivity contribution in [1.82, 2.24) is 0 Å². The summed E-state index contributed by atoms with van der Waals surface area (Å²) in [6, 6.07) is 0. The average molecular weight is 185 g/mol. The number of carbonyl (C=O) groups excluding carboxylic acids is 1. The molecule has 0 saturated heterocycles. The average Bonchev–Trinajstić information content (AvgIpc) is 1.96. The third kappa shape index (κ3) is 4.91. The van der Waals surface area contributed by atoms with Gasteiger partial charge in [0.25, 0.3) is 0 Å². The number of nitrogens with two attached hydrogens (primary N) is 1. The molecule has 0 rings (SSSR count). The van der Waals surface area contributed by atoms with Crippen LogP contribution in [-0.2, 0) is 4.79 Å². The number of rotatable bonds is 4. The molecular weight excluding hydrogens is 162 g/mol. The molecule has 0 heterocycles. The van der Waals surface area contributed by atoms with Crippen LogP contribution >= 0.6 is 0 Å². The van der Waals surface area contributed by atoms with Crippen LogP contribution in [0.3, 0.4) is 0 Å². The van der Waals surface area contributed by atoms with Crippen LogP contribution in [-0.4, -0.2) is 5.91 Å². The van der Waals surface area contributed by atoms with Gasteiger partial charge in [0.2, 0.25) is 5.91 Å². The van der Waals surface area contributed by atoms with E-state index in [4.69, 9.17) is 5.73 Å². The van der Waals surface area contributed by atoms with Crippen LogP contribution in [0.5, 0.6) is 0 Å². The Labute approximate surface area is 81.9 Å². The first-order valence-corrected chi connectivity index (χ1v) is 5.07. The van der Waals surface area contributed by atoms with Gasteiger partial charge in [-0.25, -0.2) is 0 Å². The Balaban J connectivity index is 4.36. The molecule has 0 aliphatic heterocycles. The highest BCUT2D eigenvalue weighted by Gasteiger charge is 2.26. The van der Waals surface area contributed by atoms with Gasteiger partial charge in [0.05, 0.1) is 0 Å². The van der Waals surface area contributed by atoms with Crippen molar-refractivity contribution in [2.45, 2.75) is 47.5 Å². The van der Waals surface area contributed by atoms with E-state index in [0.29, 0.717) is 5.92 Å². The number of amides is 1. The summed E-state index contributed by atoms with van der Waals surface area (Å²) in [5.74, 6) is 0.283. The van der Waals surface area contributed by atoms with Crippen LogP contribution in [0.15, 0.2) is 0 Å². The molecule has 2 N–H and O–H groups in total. The molecule has 13 heavy (non-hydrogen) atoms. The van der Waals surface area contributed by atoms with Crippen molar-refractivity contribution in [3.05, 3.63) is 0 Å². The zero-order chi connectivity index (χ0) is 10.6. The Hall–Kier alpha value is -0.530. The van der Waals surface area contributed by atoms with Gasteiger partial charge in [-0.05, 0) is 17.8 Å². The number of hydrogen-bond donors (Lipinski definition) is 1. The molecule has 0 spiro atoms. The van der Waals surface area contributed by atoms with Crippen LogP contribution in [0.1, 0.15) is 47.5 Å². The van der Waals surface area contributed by atoms with Crippen LogP contribution in [0.4, 0.5) is 0 Å². The fourth-order valence-electron chi connectivity index (χ4n) is 1.53. The Morgan fingerprint density at radius 3 is 2.08 bits per heavy atom. The van der Waals surface area contributed by atoms with E-state index < -0.39 is 0 Å². The number of carbonyl (C=O) groups is 1. The Morgan fingerprint density at radius 2 is 1.85 bits per heavy atom. The highest BCUT2D eigenvalue weighted by atomic mass is 16.1. The maximum atomic E-state index is 11.2. The van der Waals surface area contributed by atoms with Crippen molar-refractivity contribution in [2.24, 2.45) is 23.0 Å². The zero-order valence-electron chi connectivity index (χ0n) is 9.55. The van der Waals surface area contributed by atoms with Gasteiger partial charge in [0.15, 0.2) is 0 Å². The standard InChI is InChI=1S/C11H23NO/c1-6-8(2)9(10(12)13)7-11(3,4)5/h8-9H,6-7H2,1-5H3,(H2,12,13). The van der Waals surface area contributed by atoms with Crippen LogP contribution in [0, 0.1) is 17.3 Å². The minimum absolute atomic E-state index is 0.0324. The van der Waals surface area contributed by atoms with Crippen LogP contribution in [0.2, 0.25) is 0 Å². The van der Waals surface area contributed by atoms with E-state index >= 15 is 0 Å². The maximum Gasteiger partial charge on any atom is 0.220 e. The molecule has 78 valence electrons. The molecule has 2 unspecified atom stereocenters. The lowest BCUT2D eigenvalue weighted by atomic mass is 9.78. The lowest BCUT2D eigenvalue weighted by molar-refractivity contribution is -0.124. The molecule has 1 amide bonds. The second kappa shape index (κ2) is 4.64. The molecule has 0 aliphatic rings. The van der Waals surface area contributed by atoms with E-state index in [-0.39, 0.29) is 17.2 Å². The zero-order valence-corrected chi connectivity index (χ0v) is 9.55. The number of primary amides is 1. The quantitative estimate of drug-likeness (QED) is 0.718. The predicted molar refractivity (Wildman–Crippen MR) is 56.2 cm³/mol. The molecule has 0 radical (unpaired) electrons. The van der Waals surface area contributed by atoms with Gasteiger partial charge in [-0.2, -0.15) is 0 Å². The van der Waals surface area contributed by atoms with Gasteiger partial charge in [-0.3, -0.25) is 4.79 Å². The first-order valence-electron chi connectivity index (χ1n) is 5.07. The first kappa shape index (κ1) is 12.5. The fraction of sp³-hybridized carbons (Fsp3) is 0.909. The third-order valence-corrected chi connectivity index (χ3v) is 2.53. The van der Waals surface area contributed by atoms with Gasteiger partial charge >= 0.3 is 0 Å². The summed E-state index contributed by atoms with van der Waals surface area (Å²) >= 11 is 0. The number of hydrogen-bond acceptors (Lipinski definition) is 1. The third-order valence-electron chi connectivity index (χ3n) is 2.53. The SMILES string of the molecule is CCC(C)C(CC(C)(C)C)C(N)=O. The van der Waals surface area contributed by atoms with Crippen molar-refractivity contribution < 1.29 is 4.79 Å². The van der Waals surface area contributed by atoms with E-state index in [2.05, 4.69) is 34.6 Å². The van der Waals surface area contributed by atoms with E-state index in [9.17, 15) is 4.79 Å². The van der Waals surface area contributed by atoms with Gasteiger partial charge in [0, 0.05) is 5.92 Å². The topological polar surface area (TPSA) is 43.1 Å². The largest absolute Gasteiger partial charge is 0.369 e. The highest BCUT2D eigenvalue weighted by molar-refractivity contribution is 5.76. The second-order valence-corrected chi connectivity index (χ2v) is 5.16. The van der Waals surface area contributed by atoms with E-state index in [1.807, 2.05) is 0 Å². The molecule has 0 aliphatic carbocycles. The summed E-state index contributed by atoms with van der Waals surface area (Å²) in [5, 5.41) is 0. The summed E-state index contributed by atoms with van der Waals surface area (Å²) < 4.78 is 0. The van der Waals surface area contributed by atoms with E-state index in [1.54, 1.807) is 0 Å². The van der Waals surface area contributed by atoms with Crippen molar-refractivity contribution in [3.8, 4) is 0 Å². The predicted octanol–water partition coefficient (Wildman–Crippen LogP) is 2.57. The normalized spacial score (nSPS) is 16.7. The molecule has 2 heteroatoms. The van der Waals surface area contributed by atoms with Crippen molar-refractivity contribution >= 4 is 5.91 Å². The highest BCUT2D eigenvalue weighted by Crippen LogP contribution is 2.29. The fourth-order valence-corrected chi connectivity index (χ4v) is 1.53. The van der Waals surface area contributed by atoms with Crippen molar-refractivity contribution in [2.75, 3.05) is 0 Å². The Bertz CT molecular complexity index is 169. The molecular formula is C11H23NO.